The van der Waals surface area contributed by atoms with E-state index in [1.807, 2.05) is 68.4 Å². The normalized spacial score (nSPS) is 11.9. The molecule has 0 aliphatic heterocycles. The molecular weight excluding hydrogens is 392 g/mol. The summed E-state index contributed by atoms with van der Waals surface area (Å²) in [6.07, 6.45) is 3.08. The molecule has 7 nitrogen and oxygen atoms in total. The van der Waals surface area contributed by atoms with Crippen molar-refractivity contribution in [2.24, 2.45) is 0 Å². The number of amides is 2. The lowest BCUT2D eigenvalue weighted by Gasteiger charge is -2.16. The number of anilines is 1. The minimum atomic E-state index is -0.721. The number of carbonyl (C=O) groups is 2. The van der Waals surface area contributed by atoms with E-state index in [9.17, 15) is 9.59 Å². The fourth-order valence-corrected chi connectivity index (χ4v) is 3.09. The third-order valence-corrected chi connectivity index (χ3v) is 4.69. The first kappa shape index (κ1) is 21.8. The first-order chi connectivity index (χ1) is 14.9. The van der Waals surface area contributed by atoms with Crippen LogP contribution in [-0.2, 0) is 9.59 Å². The molecule has 2 N–H and O–H groups in total. The van der Waals surface area contributed by atoms with Gasteiger partial charge in [-0.1, -0.05) is 24.3 Å². The molecule has 1 aromatic heterocycles. The molecule has 0 bridgehead atoms. The summed E-state index contributed by atoms with van der Waals surface area (Å²) in [5.41, 5.74) is 4.09. The maximum absolute atomic E-state index is 12.7. The average Bonchev–Trinajstić information content (AvgIpc) is 3.10. The summed E-state index contributed by atoms with van der Waals surface area (Å²) in [6, 6.07) is 16.0. The topological polar surface area (TPSA) is 85.2 Å². The van der Waals surface area contributed by atoms with Crippen LogP contribution in [0.15, 0.2) is 60.7 Å². The zero-order chi connectivity index (χ0) is 22.4. The van der Waals surface area contributed by atoms with Crippen LogP contribution in [0.25, 0.3) is 11.8 Å². The van der Waals surface area contributed by atoms with E-state index in [1.54, 1.807) is 24.8 Å². The molecule has 160 valence electrons. The lowest BCUT2D eigenvalue weighted by molar-refractivity contribution is -0.123. The highest BCUT2D eigenvalue weighted by Crippen LogP contribution is 2.21. The largest absolute Gasteiger partial charge is 0.497 e. The molecule has 3 aromatic rings. The number of benzene rings is 2. The Morgan fingerprint density at radius 3 is 2.45 bits per heavy atom. The summed E-state index contributed by atoms with van der Waals surface area (Å²) < 4.78 is 6.90. The van der Waals surface area contributed by atoms with Crippen LogP contribution in [0.3, 0.4) is 0 Å². The van der Waals surface area contributed by atoms with E-state index in [-0.39, 0.29) is 11.8 Å². The minimum Gasteiger partial charge on any atom is -0.497 e. The molecule has 0 saturated heterocycles. The van der Waals surface area contributed by atoms with Crippen molar-refractivity contribution in [3.8, 4) is 11.4 Å². The van der Waals surface area contributed by atoms with E-state index < -0.39 is 6.04 Å². The van der Waals surface area contributed by atoms with Crippen LogP contribution in [0.5, 0.6) is 5.75 Å². The quantitative estimate of drug-likeness (QED) is 0.574. The highest BCUT2D eigenvalue weighted by molar-refractivity contribution is 6.00. The molecule has 0 saturated carbocycles. The fraction of sp³-hybridized carbons (Fsp3) is 0.208. The summed E-state index contributed by atoms with van der Waals surface area (Å²) in [5, 5.41) is 10.1. The van der Waals surface area contributed by atoms with Crippen molar-refractivity contribution in [3.63, 3.8) is 0 Å². The number of hydrogen-bond donors (Lipinski definition) is 2. The summed E-state index contributed by atoms with van der Waals surface area (Å²) in [5.74, 6) is 0.0677. The van der Waals surface area contributed by atoms with Crippen LogP contribution in [0.4, 0.5) is 5.69 Å². The molecular formula is C24H26N4O3. The van der Waals surface area contributed by atoms with Gasteiger partial charge >= 0.3 is 0 Å². The highest BCUT2D eigenvalue weighted by atomic mass is 16.5. The Balaban J connectivity index is 1.64. The van der Waals surface area contributed by atoms with Gasteiger partial charge in [0.1, 0.15) is 11.8 Å². The highest BCUT2D eigenvalue weighted by Gasteiger charge is 2.17. The summed E-state index contributed by atoms with van der Waals surface area (Å²) >= 11 is 0. The van der Waals surface area contributed by atoms with Crippen LogP contribution in [-0.4, -0.2) is 34.7 Å². The zero-order valence-electron chi connectivity index (χ0n) is 18.0. The van der Waals surface area contributed by atoms with Crippen molar-refractivity contribution in [1.29, 1.82) is 0 Å². The van der Waals surface area contributed by atoms with Gasteiger partial charge in [0.15, 0.2) is 0 Å². The molecule has 2 amide bonds. The van der Waals surface area contributed by atoms with Gasteiger partial charge in [-0.2, -0.15) is 5.10 Å². The van der Waals surface area contributed by atoms with E-state index in [4.69, 9.17) is 4.74 Å². The third kappa shape index (κ3) is 5.60. The van der Waals surface area contributed by atoms with E-state index in [0.29, 0.717) is 5.69 Å². The maximum Gasteiger partial charge on any atom is 0.246 e. The number of para-hydroxylation sites is 2. The number of rotatable bonds is 7. The van der Waals surface area contributed by atoms with Crippen molar-refractivity contribution in [2.75, 3.05) is 12.4 Å². The number of nitrogens with zero attached hydrogens (tertiary/aromatic N) is 2. The van der Waals surface area contributed by atoms with Crippen LogP contribution in [0, 0.1) is 13.8 Å². The Labute approximate surface area is 181 Å². The Kier molecular flexibility index (Phi) is 6.87. The molecule has 7 heteroatoms. The Morgan fingerprint density at radius 2 is 1.81 bits per heavy atom. The molecule has 2 aromatic carbocycles. The zero-order valence-corrected chi connectivity index (χ0v) is 18.0. The second-order valence-corrected chi connectivity index (χ2v) is 7.18. The lowest BCUT2D eigenvalue weighted by atomic mass is 10.2. The summed E-state index contributed by atoms with van der Waals surface area (Å²) in [6.45, 7) is 5.51. The lowest BCUT2D eigenvalue weighted by Crippen LogP contribution is -2.41. The molecule has 0 aliphatic rings. The van der Waals surface area contributed by atoms with Crippen molar-refractivity contribution in [1.82, 2.24) is 15.1 Å². The number of hydrogen-bond acceptors (Lipinski definition) is 4. The Morgan fingerprint density at radius 1 is 1.10 bits per heavy atom. The van der Waals surface area contributed by atoms with Crippen molar-refractivity contribution in [2.45, 2.75) is 26.8 Å². The molecule has 3 rings (SSSR count). The number of carbonyl (C=O) groups excluding carboxylic acids is 2. The van der Waals surface area contributed by atoms with Crippen molar-refractivity contribution >= 4 is 23.6 Å². The number of aromatic nitrogens is 2. The molecule has 0 radical (unpaired) electrons. The molecule has 1 heterocycles. The fourth-order valence-electron chi connectivity index (χ4n) is 3.09. The third-order valence-electron chi connectivity index (χ3n) is 4.69. The molecule has 1 atom stereocenters. The molecule has 31 heavy (non-hydrogen) atoms. The van der Waals surface area contributed by atoms with Gasteiger partial charge in [0.05, 0.1) is 24.2 Å². The Hall–Kier alpha value is -3.87. The SMILES string of the molecule is COc1ccc(/C=C/C(=O)NC(C)C(=O)Nc2ccccc2-n2nc(C)cc2C)cc1. The smallest absolute Gasteiger partial charge is 0.246 e. The van der Waals surface area contributed by atoms with E-state index in [2.05, 4.69) is 15.7 Å². The van der Waals surface area contributed by atoms with Crippen LogP contribution < -0.4 is 15.4 Å². The van der Waals surface area contributed by atoms with E-state index >= 15 is 0 Å². The predicted octanol–water partition coefficient (Wildman–Crippen LogP) is 3.65. The first-order valence-electron chi connectivity index (χ1n) is 9.93. The van der Waals surface area contributed by atoms with Crippen LogP contribution in [0.1, 0.15) is 23.9 Å². The van der Waals surface area contributed by atoms with Crippen molar-refractivity contribution < 1.29 is 14.3 Å². The van der Waals surface area contributed by atoms with Gasteiger partial charge in [0.2, 0.25) is 11.8 Å². The average molecular weight is 418 g/mol. The van der Waals surface area contributed by atoms with Gasteiger partial charge in [-0.3, -0.25) is 9.59 Å². The van der Waals surface area contributed by atoms with Gasteiger partial charge < -0.3 is 15.4 Å². The maximum atomic E-state index is 12.7. The second kappa shape index (κ2) is 9.75. The molecule has 0 fully saturated rings. The molecule has 1 unspecified atom stereocenters. The predicted molar refractivity (Wildman–Crippen MR) is 121 cm³/mol. The van der Waals surface area contributed by atoms with Gasteiger partial charge in [-0.05, 0) is 62.7 Å². The van der Waals surface area contributed by atoms with E-state index in [0.717, 1.165) is 28.4 Å². The molecule has 0 aliphatic carbocycles. The first-order valence-corrected chi connectivity index (χ1v) is 9.93. The Bertz CT molecular complexity index is 1100. The standard InChI is InChI=1S/C24H26N4O3/c1-16-15-17(2)28(27-16)22-8-6-5-7-21(22)26-24(30)18(3)25-23(29)14-11-19-9-12-20(31-4)13-10-19/h5-15,18H,1-4H3,(H,25,29)(H,26,30)/b14-11+. The van der Waals surface area contributed by atoms with Gasteiger partial charge in [-0.15, -0.1) is 0 Å². The van der Waals surface area contributed by atoms with Gasteiger partial charge in [0.25, 0.3) is 0 Å². The van der Waals surface area contributed by atoms with Crippen LogP contribution in [0.2, 0.25) is 0 Å². The number of nitrogens with one attached hydrogen (secondary N) is 2. The number of aryl methyl sites for hydroxylation is 2. The van der Waals surface area contributed by atoms with Crippen molar-refractivity contribution in [3.05, 3.63) is 77.6 Å². The summed E-state index contributed by atoms with van der Waals surface area (Å²) in [4.78, 5) is 24.9. The number of methoxy groups -OCH3 is 1. The second-order valence-electron chi connectivity index (χ2n) is 7.18. The van der Waals surface area contributed by atoms with E-state index in [1.165, 1.54) is 6.08 Å². The monoisotopic (exact) mass is 418 g/mol. The summed E-state index contributed by atoms with van der Waals surface area (Å²) in [7, 11) is 1.60. The van der Waals surface area contributed by atoms with Gasteiger partial charge in [-0.25, -0.2) is 4.68 Å². The van der Waals surface area contributed by atoms with Gasteiger partial charge in [0, 0.05) is 11.8 Å². The number of ether oxygens (including phenoxy) is 1. The van der Waals surface area contributed by atoms with Crippen LogP contribution >= 0.6 is 0 Å². The molecule has 0 spiro atoms. The minimum absolute atomic E-state index is 0.319.